The predicted molar refractivity (Wildman–Crippen MR) is 209 cm³/mol. The number of nitrogens with zero attached hydrogens (tertiary/aromatic N) is 3. The van der Waals surface area contributed by atoms with Crippen LogP contribution in [0.25, 0.3) is 115 Å². The van der Waals surface area contributed by atoms with Gasteiger partial charge in [-0.15, -0.1) is 0 Å². The van der Waals surface area contributed by atoms with Gasteiger partial charge in [0.15, 0.2) is 5.58 Å². The zero-order valence-corrected chi connectivity index (χ0v) is 27.1. The van der Waals surface area contributed by atoms with Crippen molar-refractivity contribution in [2.75, 3.05) is 0 Å². The number of fused-ring (bicyclic) bond motifs is 15. The third-order valence-corrected chi connectivity index (χ3v) is 10.6. The van der Waals surface area contributed by atoms with E-state index in [4.69, 9.17) is 18.8 Å². The summed E-state index contributed by atoms with van der Waals surface area (Å²) in [6, 6.07) is 53.1. The molecule has 0 aliphatic rings. The largest absolute Gasteiger partial charge is 0.456 e. The fourth-order valence-electron chi connectivity index (χ4n) is 8.33. The number of hydrogen-bond donors (Lipinski definition) is 0. The number of aromatic nitrogens is 3. The maximum absolute atomic E-state index is 6.56. The fraction of sp³-hybridized carbons (Fsp3) is 0. The molecule has 0 atom stereocenters. The Morgan fingerprint density at radius 3 is 1.69 bits per heavy atom. The molecule has 0 radical (unpaired) electrons. The van der Waals surface area contributed by atoms with Crippen LogP contribution in [0.5, 0.6) is 0 Å². The quantitative estimate of drug-likeness (QED) is 0.187. The Morgan fingerprint density at radius 1 is 0.412 bits per heavy atom. The molecule has 4 heterocycles. The van der Waals surface area contributed by atoms with Crippen LogP contribution in [0.2, 0.25) is 0 Å². The lowest BCUT2D eigenvalue weighted by Gasteiger charge is -2.10. The summed E-state index contributed by atoms with van der Waals surface area (Å²) >= 11 is 0. The van der Waals surface area contributed by atoms with Gasteiger partial charge in [-0.2, -0.15) is 0 Å². The van der Waals surface area contributed by atoms with Crippen molar-refractivity contribution in [2.24, 2.45) is 0 Å². The molecule has 4 aromatic heterocycles. The van der Waals surface area contributed by atoms with E-state index in [0.29, 0.717) is 11.5 Å². The van der Waals surface area contributed by atoms with Crippen molar-refractivity contribution in [3.05, 3.63) is 152 Å². The maximum Gasteiger partial charge on any atom is 0.236 e. The van der Waals surface area contributed by atoms with Crippen molar-refractivity contribution < 1.29 is 8.83 Å². The smallest absolute Gasteiger partial charge is 0.236 e. The van der Waals surface area contributed by atoms with Crippen molar-refractivity contribution >= 4 is 98.1 Å². The first-order valence-corrected chi connectivity index (χ1v) is 17.2. The van der Waals surface area contributed by atoms with Crippen LogP contribution >= 0.6 is 0 Å². The minimum absolute atomic E-state index is 0.588. The zero-order valence-electron chi connectivity index (χ0n) is 27.1. The number of furan rings is 2. The Bertz CT molecular complexity index is 3340. The molecule has 0 unspecified atom stereocenters. The van der Waals surface area contributed by atoms with E-state index < -0.39 is 0 Å². The molecule has 5 heteroatoms. The molecule has 0 spiro atoms. The Balaban J connectivity index is 1.20. The van der Waals surface area contributed by atoms with Crippen LogP contribution in [0.1, 0.15) is 0 Å². The van der Waals surface area contributed by atoms with Crippen LogP contribution in [0.3, 0.4) is 0 Å². The zero-order chi connectivity index (χ0) is 33.2. The summed E-state index contributed by atoms with van der Waals surface area (Å²) in [5.74, 6) is 0.588. The highest BCUT2D eigenvalue weighted by Gasteiger charge is 2.23. The fourth-order valence-corrected chi connectivity index (χ4v) is 8.33. The summed E-state index contributed by atoms with van der Waals surface area (Å²) in [5, 5.41) is 12.7. The van der Waals surface area contributed by atoms with E-state index in [2.05, 4.69) is 138 Å². The van der Waals surface area contributed by atoms with Crippen molar-refractivity contribution in [3.8, 4) is 17.2 Å². The SMILES string of the molecule is c1ccc2c(c1)ccc1oc3cc(-c4nc(-n5c6ccc7ccccc7c6c6c7ccccc7ccc65)nc5c4oc4ccccc45)ccc3c12. The molecule has 51 heavy (non-hydrogen) atoms. The molecule has 0 fully saturated rings. The van der Waals surface area contributed by atoms with E-state index in [1.54, 1.807) is 0 Å². The Labute approximate surface area is 289 Å². The second-order valence-electron chi connectivity index (χ2n) is 13.3. The third-order valence-electron chi connectivity index (χ3n) is 10.6. The van der Waals surface area contributed by atoms with Gasteiger partial charge in [-0.1, -0.05) is 109 Å². The van der Waals surface area contributed by atoms with E-state index in [1.165, 1.54) is 43.1 Å². The first-order valence-electron chi connectivity index (χ1n) is 17.2. The van der Waals surface area contributed by atoms with Gasteiger partial charge in [-0.3, -0.25) is 4.57 Å². The van der Waals surface area contributed by atoms with E-state index in [0.717, 1.165) is 60.7 Å². The molecule has 0 N–H and O–H groups in total. The molecule has 12 aromatic rings. The summed E-state index contributed by atoms with van der Waals surface area (Å²) in [5.41, 5.74) is 7.59. The monoisotopic (exact) mass is 651 g/mol. The van der Waals surface area contributed by atoms with Crippen molar-refractivity contribution in [1.29, 1.82) is 0 Å². The van der Waals surface area contributed by atoms with Gasteiger partial charge in [-0.05, 0) is 74.8 Å². The van der Waals surface area contributed by atoms with E-state index >= 15 is 0 Å². The molecule has 8 aromatic carbocycles. The number of para-hydroxylation sites is 1. The molecule has 0 bridgehead atoms. The van der Waals surface area contributed by atoms with Crippen molar-refractivity contribution in [3.63, 3.8) is 0 Å². The lowest BCUT2D eigenvalue weighted by Crippen LogP contribution is -2.03. The molecule has 0 saturated heterocycles. The molecular weight excluding hydrogens is 627 g/mol. The van der Waals surface area contributed by atoms with Crippen LogP contribution in [0.4, 0.5) is 0 Å². The molecule has 5 nitrogen and oxygen atoms in total. The first-order chi connectivity index (χ1) is 25.3. The lowest BCUT2D eigenvalue weighted by atomic mass is 10.00. The Kier molecular flexibility index (Phi) is 5.17. The Hall–Kier alpha value is -6.98. The minimum atomic E-state index is 0.588. The summed E-state index contributed by atoms with van der Waals surface area (Å²) in [6.45, 7) is 0. The van der Waals surface area contributed by atoms with E-state index in [9.17, 15) is 0 Å². The van der Waals surface area contributed by atoms with Gasteiger partial charge in [0.25, 0.3) is 0 Å². The average molecular weight is 652 g/mol. The highest BCUT2D eigenvalue weighted by Crippen LogP contribution is 2.43. The maximum atomic E-state index is 6.56. The normalized spacial score (nSPS) is 12.3. The highest BCUT2D eigenvalue weighted by molar-refractivity contribution is 6.28. The van der Waals surface area contributed by atoms with Crippen LogP contribution in [-0.2, 0) is 0 Å². The molecular formula is C46H25N3O2. The van der Waals surface area contributed by atoms with Gasteiger partial charge >= 0.3 is 0 Å². The topological polar surface area (TPSA) is 57.0 Å². The molecule has 236 valence electrons. The van der Waals surface area contributed by atoms with Gasteiger partial charge in [0.1, 0.15) is 28.0 Å². The summed E-state index contributed by atoms with van der Waals surface area (Å²) in [4.78, 5) is 10.7. The van der Waals surface area contributed by atoms with E-state index in [1.807, 2.05) is 18.2 Å². The molecule has 0 aliphatic heterocycles. The molecule has 12 rings (SSSR count). The van der Waals surface area contributed by atoms with Gasteiger partial charge in [-0.25, -0.2) is 9.97 Å². The van der Waals surface area contributed by atoms with Gasteiger partial charge in [0.05, 0.1) is 11.0 Å². The lowest BCUT2D eigenvalue weighted by molar-refractivity contribution is 0.666. The predicted octanol–water partition coefficient (Wildman–Crippen LogP) is 12.5. The van der Waals surface area contributed by atoms with Crippen LogP contribution in [0.15, 0.2) is 160 Å². The second-order valence-corrected chi connectivity index (χ2v) is 13.3. The van der Waals surface area contributed by atoms with Gasteiger partial charge in [0.2, 0.25) is 5.95 Å². The van der Waals surface area contributed by atoms with Gasteiger partial charge < -0.3 is 8.83 Å². The van der Waals surface area contributed by atoms with E-state index in [-0.39, 0.29) is 0 Å². The van der Waals surface area contributed by atoms with Crippen molar-refractivity contribution in [1.82, 2.24) is 14.5 Å². The van der Waals surface area contributed by atoms with Crippen LogP contribution in [-0.4, -0.2) is 14.5 Å². The average Bonchev–Trinajstić information content (AvgIpc) is 3.87. The molecule has 0 amide bonds. The molecule has 0 saturated carbocycles. The van der Waals surface area contributed by atoms with Crippen LogP contribution in [0, 0.1) is 0 Å². The third kappa shape index (κ3) is 3.64. The van der Waals surface area contributed by atoms with Gasteiger partial charge in [0, 0.05) is 32.5 Å². The standard InChI is InChI=1S/C46H25N3O2/c1-4-12-30-28(11-1)20-24-38-40(30)33-21-17-29(25-39(33)50-38)43-45-44(34-15-7-8-16-37(34)51-45)48-46(47-43)49-35-22-18-26-9-2-5-13-31(26)41(35)42-32-14-6-3-10-27(32)19-23-36(42)49/h1-25H. The highest BCUT2D eigenvalue weighted by atomic mass is 16.3. The summed E-state index contributed by atoms with van der Waals surface area (Å²) in [6.07, 6.45) is 0. The molecule has 0 aliphatic carbocycles. The minimum Gasteiger partial charge on any atom is -0.456 e. The van der Waals surface area contributed by atoms with Crippen LogP contribution < -0.4 is 0 Å². The Morgan fingerprint density at radius 2 is 1.00 bits per heavy atom. The second kappa shape index (κ2) is 9.80. The number of rotatable bonds is 2. The summed E-state index contributed by atoms with van der Waals surface area (Å²) in [7, 11) is 0. The van der Waals surface area contributed by atoms with Crippen molar-refractivity contribution in [2.45, 2.75) is 0 Å². The number of hydrogen-bond acceptors (Lipinski definition) is 4. The number of benzene rings is 8. The summed E-state index contributed by atoms with van der Waals surface area (Å²) < 4.78 is 15.3. The first kappa shape index (κ1) is 26.9.